The fraction of sp³-hybridized carbons (Fsp3) is 0.333. The SMILES string of the molecule is Cc1[nH]cnc1N1C(=O)N2c3cc(Cl)ccc3OCC2C1C.Cl. The number of imidazole rings is 1. The standard InChI is InChI=1S/C15H15ClN4O2.ClH/c1-8-14(18-7-17-8)19-9(2)12-6-22-13-4-3-10(16)5-11(13)20(12)15(19)21;/h3-5,7,9,12H,6H2,1-2H3,(H,17,18);1H. The number of urea groups is 1. The number of rotatable bonds is 1. The van der Waals surface area contributed by atoms with Crippen LogP contribution in [0.5, 0.6) is 5.75 Å². The molecule has 2 atom stereocenters. The number of nitrogens with one attached hydrogen (secondary N) is 1. The number of aryl methyl sites for hydroxylation is 1. The Morgan fingerprint density at radius 3 is 2.87 bits per heavy atom. The van der Waals surface area contributed by atoms with Gasteiger partial charge in [0.25, 0.3) is 0 Å². The number of carbonyl (C=O) groups is 1. The molecule has 2 aromatic rings. The molecule has 1 N–H and O–H groups in total. The molecule has 8 heteroatoms. The smallest absolute Gasteiger partial charge is 0.331 e. The summed E-state index contributed by atoms with van der Waals surface area (Å²) in [6.45, 7) is 4.37. The van der Waals surface area contributed by atoms with Gasteiger partial charge in [-0.1, -0.05) is 11.6 Å². The minimum Gasteiger partial charge on any atom is -0.489 e. The number of fused-ring (bicyclic) bond motifs is 3. The van der Waals surface area contributed by atoms with Crippen LogP contribution in [0.4, 0.5) is 16.3 Å². The number of aromatic amines is 1. The Hall–Kier alpha value is -1.92. The first-order valence-electron chi connectivity index (χ1n) is 7.12. The van der Waals surface area contributed by atoms with Crippen LogP contribution in [0.1, 0.15) is 12.6 Å². The van der Waals surface area contributed by atoms with Crippen LogP contribution in [0.25, 0.3) is 0 Å². The molecule has 23 heavy (non-hydrogen) atoms. The van der Waals surface area contributed by atoms with Gasteiger partial charge in [-0.3, -0.25) is 9.80 Å². The highest BCUT2D eigenvalue weighted by Crippen LogP contribution is 2.42. The summed E-state index contributed by atoms with van der Waals surface area (Å²) in [6, 6.07) is 5.14. The van der Waals surface area contributed by atoms with Crippen molar-refractivity contribution in [3.05, 3.63) is 35.2 Å². The van der Waals surface area contributed by atoms with Crippen LogP contribution in [-0.4, -0.2) is 34.7 Å². The monoisotopic (exact) mass is 354 g/mol. The van der Waals surface area contributed by atoms with Crippen LogP contribution < -0.4 is 14.5 Å². The molecule has 1 saturated heterocycles. The van der Waals surface area contributed by atoms with Gasteiger partial charge in [0.1, 0.15) is 12.4 Å². The number of hydrogen-bond donors (Lipinski definition) is 1. The van der Waals surface area contributed by atoms with E-state index < -0.39 is 0 Å². The number of nitrogens with zero attached hydrogens (tertiary/aromatic N) is 3. The van der Waals surface area contributed by atoms with Gasteiger partial charge in [-0.2, -0.15) is 0 Å². The molecular formula is C15H16Cl2N4O2. The van der Waals surface area contributed by atoms with Crippen LogP contribution in [-0.2, 0) is 0 Å². The summed E-state index contributed by atoms with van der Waals surface area (Å²) in [4.78, 5) is 23.8. The fourth-order valence-electron chi connectivity index (χ4n) is 3.17. The molecule has 2 amide bonds. The second-order valence-corrected chi connectivity index (χ2v) is 6.04. The maximum atomic E-state index is 13.0. The lowest BCUT2D eigenvalue weighted by atomic mass is 10.1. The molecule has 0 saturated carbocycles. The quantitative estimate of drug-likeness (QED) is 0.853. The highest BCUT2D eigenvalue weighted by Gasteiger charge is 2.49. The van der Waals surface area contributed by atoms with Crippen molar-refractivity contribution >= 4 is 41.5 Å². The second kappa shape index (κ2) is 5.62. The van der Waals surface area contributed by atoms with E-state index in [1.165, 1.54) is 0 Å². The fourth-order valence-corrected chi connectivity index (χ4v) is 3.34. The molecule has 6 nitrogen and oxygen atoms in total. The molecule has 2 aliphatic rings. The Morgan fingerprint density at radius 1 is 1.39 bits per heavy atom. The Morgan fingerprint density at radius 2 is 2.17 bits per heavy atom. The van der Waals surface area contributed by atoms with Crippen LogP contribution in [0.2, 0.25) is 5.02 Å². The van der Waals surface area contributed by atoms with Gasteiger partial charge in [-0.25, -0.2) is 9.78 Å². The van der Waals surface area contributed by atoms with Gasteiger partial charge < -0.3 is 9.72 Å². The van der Waals surface area contributed by atoms with Crippen molar-refractivity contribution < 1.29 is 9.53 Å². The van der Waals surface area contributed by atoms with E-state index in [-0.39, 0.29) is 30.5 Å². The third kappa shape index (κ3) is 2.24. The first kappa shape index (κ1) is 16.0. The third-order valence-corrected chi connectivity index (χ3v) is 4.56. The molecule has 0 spiro atoms. The molecule has 1 aromatic carbocycles. The average molecular weight is 355 g/mol. The number of H-pyrrole nitrogens is 1. The normalized spacial score (nSPS) is 22.3. The largest absolute Gasteiger partial charge is 0.489 e. The molecule has 2 unspecified atom stereocenters. The minimum atomic E-state index is -0.0977. The molecule has 3 heterocycles. The number of anilines is 2. The molecule has 1 aromatic heterocycles. The van der Waals surface area contributed by atoms with Crippen molar-refractivity contribution in [1.82, 2.24) is 9.97 Å². The lowest BCUT2D eigenvalue weighted by Gasteiger charge is -2.31. The second-order valence-electron chi connectivity index (χ2n) is 5.60. The zero-order valence-corrected chi connectivity index (χ0v) is 14.2. The van der Waals surface area contributed by atoms with Crippen molar-refractivity contribution in [1.29, 1.82) is 0 Å². The maximum absolute atomic E-state index is 13.0. The van der Waals surface area contributed by atoms with E-state index in [0.717, 1.165) is 11.4 Å². The van der Waals surface area contributed by atoms with Gasteiger partial charge in [0.15, 0.2) is 5.82 Å². The predicted molar refractivity (Wildman–Crippen MR) is 91.1 cm³/mol. The van der Waals surface area contributed by atoms with Gasteiger partial charge in [-0.15, -0.1) is 12.4 Å². The van der Waals surface area contributed by atoms with Crippen LogP contribution >= 0.6 is 24.0 Å². The summed E-state index contributed by atoms with van der Waals surface area (Å²) in [5.41, 5.74) is 1.59. The van der Waals surface area contributed by atoms with E-state index in [1.807, 2.05) is 13.8 Å². The van der Waals surface area contributed by atoms with E-state index >= 15 is 0 Å². The topological polar surface area (TPSA) is 61.5 Å². The number of halogens is 2. The van der Waals surface area contributed by atoms with E-state index in [9.17, 15) is 4.79 Å². The molecule has 0 radical (unpaired) electrons. The van der Waals surface area contributed by atoms with Crippen molar-refractivity contribution in [2.45, 2.75) is 25.9 Å². The molecule has 4 rings (SSSR count). The van der Waals surface area contributed by atoms with Gasteiger partial charge >= 0.3 is 6.03 Å². The molecular weight excluding hydrogens is 339 g/mol. The van der Waals surface area contributed by atoms with Gasteiger partial charge in [-0.05, 0) is 32.0 Å². The van der Waals surface area contributed by atoms with Crippen LogP contribution in [0.3, 0.4) is 0 Å². The summed E-state index contributed by atoms with van der Waals surface area (Å²) < 4.78 is 5.80. The van der Waals surface area contributed by atoms with Gasteiger partial charge in [0.05, 0.1) is 29.8 Å². The van der Waals surface area contributed by atoms with E-state index in [2.05, 4.69) is 9.97 Å². The van der Waals surface area contributed by atoms with Gasteiger partial charge in [0.2, 0.25) is 0 Å². The van der Waals surface area contributed by atoms with Crippen molar-refractivity contribution in [3.63, 3.8) is 0 Å². The van der Waals surface area contributed by atoms with Crippen molar-refractivity contribution in [2.24, 2.45) is 0 Å². The highest BCUT2D eigenvalue weighted by atomic mass is 35.5. The Kier molecular flexibility index (Phi) is 3.90. The highest BCUT2D eigenvalue weighted by molar-refractivity contribution is 6.31. The number of ether oxygens (including phenoxy) is 1. The van der Waals surface area contributed by atoms with Crippen LogP contribution in [0, 0.1) is 6.92 Å². The summed E-state index contributed by atoms with van der Waals surface area (Å²) in [5, 5.41) is 0.581. The van der Waals surface area contributed by atoms with Crippen LogP contribution in [0.15, 0.2) is 24.5 Å². The molecule has 122 valence electrons. The summed E-state index contributed by atoms with van der Waals surface area (Å²) in [7, 11) is 0. The lowest BCUT2D eigenvalue weighted by Crippen LogP contribution is -2.43. The van der Waals surface area contributed by atoms with Crippen molar-refractivity contribution in [2.75, 3.05) is 16.4 Å². The first-order chi connectivity index (χ1) is 10.6. The number of hydrogen-bond acceptors (Lipinski definition) is 3. The predicted octanol–water partition coefficient (Wildman–Crippen LogP) is 3.39. The number of benzene rings is 1. The zero-order valence-electron chi connectivity index (χ0n) is 12.6. The molecule has 0 aliphatic carbocycles. The number of carbonyl (C=O) groups excluding carboxylic acids is 1. The molecule has 1 fully saturated rings. The summed E-state index contributed by atoms with van der Waals surface area (Å²) in [6.07, 6.45) is 1.60. The molecule has 0 bridgehead atoms. The van der Waals surface area contributed by atoms with Gasteiger partial charge in [0, 0.05) is 5.02 Å². The van der Waals surface area contributed by atoms with E-state index in [4.69, 9.17) is 16.3 Å². The Labute approximate surface area is 144 Å². The summed E-state index contributed by atoms with van der Waals surface area (Å²) in [5.74, 6) is 1.34. The van der Waals surface area contributed by atoms with Crippen molar-refractivity contribution in [3.8, 4) is 5.75 Å². The Bertz CT molecular complexity index is 764. The Balaban J connectivity index is 0.00000156. The number of aromatic nitrogens is 2. The average Bonchev–Trinajstić information content (AvgIpc) is 3.01. The number of amides is 2. The third-order valence-electron chi connectivity index (χ3n) is 4.33. The maximum Gasteiger partial charge on any atom is 0.331 e. The molecule has 2 aliphatic heterocycles. The van der Waals surface area contributed by atoms with E-state index in [1.54, 1.807) is 34.3 Å². The summed E-state index contributed by atoms with van der Waals surface area (Å²) >= 11 is 6.09. The van der Waals surface area contributed by atoms with E-state index in [0.29, 0.717) is 23.2 Å². The first-order valence-corrected chi connectivity index (χ1v) is 7.50. The minimum absolute atomic E-state index is 0. The lowest BCUT2D eigenvalue weighted by molar-refractivity contribution is 0.246. The zero-order chi connectivity index (χ0) is 15.4.